The summed E-state index contributed by atoms with van der Waals surface area (Å²) in [6, 6.07) is 27.9. The molecule has 0 aliphatic rings. The van der Waals surface area contributed by atoms with Crippen LogP contribution in [0.2, 0.25) is 5.02 Å². The molecule has 164 valence electrons. The highest BCUT2D eigenvalue weighted by molar-refractivity contribution is 14.1. The second-order valence-electron chi connectivity index (χ2n) is 7.43. The molecule has 0 saturated heterocycles. The zero-order valence-electron chi connectivity index (χ0n) is 17.7. The van der Waals surface area contributed by atoms with Gasteiger partial charge in [0.05, 0.1) is 22.6 Å². The van der Waals surface area contributed by atoms with Crippen LogP contribution in [0, 0.1) is 14.9 Å². The third kappa shape index (κ3) is 4.82. The Morgan fingerprint density at radius 3 is 2.38 bits per heavy atom. The van der Waals surface area contributed by atoms with Gasteiger partial charge in [-0.3, -0.25) is 0 Å². The Balaban J connectivity index is 1.58. The molecule has 0 atom stereocenters. The number of thiazole rings is 1. The molecule has 4 nitrogen and oxygen atoms in total. The van der Waals surface area contributed by atoms with E-state index in [0.717, 1.165) is 33.8 Å². The van der Waals surface area contributed by atoms with Crippen molar-refractivity contribution in [3.8, 4) is 34.3 Å². The molecule has 0 saturated carbocycles. The van der Waals surface area contributed by atoms with E-state index in [-0.39, 0.29) is 0 Å². The molecule has 0 N–H and O–H groups in total. The smallest absolute Gasteiger partial charge is 0.134 e. The molecule has 2 heterocycles. The maximum atomic E-state index is 9.98. The number of benzene rings is 3. The number of hydrogen-bond acceptors (Lipinski definition) is 4. The van der Waals surface area contributed by atoms with Crippen molar-refractivity contribution in [3.05, 3.63) is 110 Å². The Kier molecular flexibility index (Phi) is 6.59. The van der Waals surface area contributed by atoms with E-state index in [1.54, 1.807) is 0 Å². The first-order valence-corrected chi connectivity index (χ1v) is 12.7. The molecule has 0 fully saturated rings. The number of nitriles is 1. The van der Waals surface area contributed by atoms with Gasteiger partial charge in [0.15, 0.2) is 0 Å². The van der Waals surface area contributed by atoms with Gasteiger partial charge in [-0.2, -0.15) is 10.4 Å². The number of halogens is 2. The minimum atomic E-state index is 0.490. The van der Waals surface area contributed by atoms with E-state index in [1.807, 2.05) is 101 Å². The van der Waals surface area contributed by atoms with Gasteiger partial charge in [0.1, 0.15) is 11.1 Å². The Hall–Kier alpha value is -3.25. The number of nitrogens with zero attached hydrogens (tertiary/aromatic N) is 4. The number of allylic oxidation sites excluding steroid dienone is 1. The lowest BCUT2D eigenvalue weighted by molar-refractivity contribution is 0.884. The fraction of sp³-hybridized carbons (Fsp3) is 0. The molecule has 3 aromatic carbocycles. The summed E-state index contributed by atoms with van der Waals surface area (Å²) >= 11 is 9.84. The lowest BCUT2D eigenvalue weighted by atomic mass is 10.1. The fourth-order valence-electron chi connectivity index (χ4n) is 3.49. The van der Waals surface area contributed by atoms with E-state index in [9.17, 15) is 5.26 Å². The molecule has 0 radical (unpaired) electrons. The van der Waals surface area contributed by atoms with E-state index in [1.165, 1.54) is 14.9 Å². The van der Waals surface area contributed by atoms with E-state index in [4.69, 9.17) is 21.7 Å². The van der Waals surface area contributed by atoms with Gasteiger partial charge in [-0.25, -0.2) is 9.67 Å². The minimum absolute atomic E-state index is 0.490. The molecule has 0 spiro atoms. The highest BCUT2D eigenvalue weighted by Gasteiger charge is 2.15. The molecule has 34 heavy (non-hydrogen) atoms. The number of hydrogen-bond donors (Lipinski definition) is 0. The second-order valence-corrected chi connectivity index (χ2v) is 9.97. The average molecular weight is 591 g/mol. The van der Waals surface area contributed by atoms with Crippen LogP contribution in [0.4, 0.5) is 0 Å². The zero-order valence-corrected chi connectivity index (χ0v) is 21.4. The highest BCUT2D eigenvalue weighted by atomic mass is 127. The van der Waals surface area contributed by atoms with Crippen LogP contribution >= 0.6 is 45.5 Å². The van der Waals surface area contributed by atoms with Crippen molar-refractivity contribution in [1.82, 2.24) is 14.8 Å². The first kappa shape index (κ1) is 22.5. The van der Waals surface area contributed by atoms with Gasteiger partial charge in [-0.05, 0) is 65.1 Å². The van der Waals surface area contributed by atoms with Gasteiger partial charge >= 0.3 is 0 Å². The van der Waals surface area contributed by atoms with Crippen LogP contribution in [0.25, 0.3) is 39.9 Å². The Morgan fingerprint density at radius 1 is 0.971 bits per heavy atom. The first-order valence-electron chi connectivity index (χ1n) is 10.4. The molecule has 2 aromatic heterocycles. The van der Waals surface area contributed by atoms with Crippen molar-refractivity contribution in [1.29, 1.82) is 5.26 Å². The summed E-state index contributed by atoms with van der Waals surface area (Å²) in [5.74, 6) is 0. The molecular weight excluding hydrogens is 575 g/mol. The largest absolute Gasteiger partial charge is 0.240 e. The molecule has 7 heteroatoms. The number of rotatable bonds is 5. The lowest BCUT2D eigenvalue weighted by Crippen LogP contribution is -1.93. The van der Waals surface area contributed by atoms with Crippen molar-refractivity contribution in [2.75, 3.05) is 0 Å². The third-order valence-electron chi connectivity index (χ3n) is 5.18. The van der Waals surface area contributed by atoms with Crippen molar-refractivity contribution < 1.29 is 0 Å². The molecule has 0 amide bonds. The maximum absolute atomic E-state index is 9.98. The van der Waals surface area contributed by atoms with E-state index in [0.29, 0.717) is 15.6 Å². The second kappa shape index (κ2) is 9.94. The molecule has 0 aliphatic heterocycles. The van der Waals surface area contributed by atoms with Gasteiger partial charge in [-0.15, -0.1) is 11.3 Å². The minimum Gasteiger partial charge on any atom is -0.240 e. The first-order chi connectivity index (χ1) is 16.6. The van der Waals surface area contributed by atoms with Crippen LogP contribution in [-0.2, 0) is 0 Å². The van der Waals surface area contributed by atoms with Crippen LogP contribution in [0.3, 0.4) is 0 Å². The summed E-state index contributed by atoms with van der Waals surface area (Å²) < 4.78 is 2.99. The fourth-order valence-corrected chi connectivity index (χ4v) is 4.77. The Labute approximate surface area is 219 Å². The van der Waals surface area contributed by atoms with Crippen LogP contribution in [0.1, 0.15) is 10.6 Å². The standard InChI is InChI=1S/C27H16ClIN4S/c28-22-10-6-19(7-11-22)26-21(16-33(32-26)24-4-2-1-3-5-24)14-20(15-30)27-31-25(17-34-27)18-8-12-23(29)13-9-18/h1-14,16-17H. The summed E-state index contributed by atoms with van der Waals surface area (Å²) in [7, 11) is 0. The van der Waals surface area contributed by atoms with Gasteiger partial charge in [0.25, 0.3) is 0 Å². The quantitative estimate of drug-likeness (QED) is 0.154. The molecule has 0 bridgehead atoms. The van der Waals surface area contributed by atoms with Crippen LogP contribution in [0.15, 0.2) is 90.4 Å². The van der Waals surface area contributed by atoms with E-state index < -0.39 is 0 Å². The van der Waals surface area contributed by atoms with Crippen LogP contribution in [-0.4, -0.2) is 14.8 Å². The number of aromatic nitrogens is 3. The maximum Gasteiger partial charge on any atom is 0.134 e. The molecule has 5 rings (SSSR count). The van der Waals surface area contributed by atoms with Gasteiger partial charge in [0, 0.05) is 36.9 Å². The SMILES string of the molecule is N#CC(=Cc1cn(-c2ccccc2)nc1-c1ccc(Cl)cc1)c1nc(-c2ccc(I)cc2)cs1. The van der Waals surface area contributed by atoms with Crippen molar-refractivity contribution >= 4 is 57.2 Å². The molecule has 0 aliphatic carbocycles. The summed E-state index contributed by atoms with van der Waals surface area (Å²) in [5.41, 5.74) is 5.82. The molecule has 5 aromatic rings. The van der Waals surface area contributed by atoms with E-state index in [2.05, 4.69) is 28.7 Å². The number of para-hydroxylation sites is 1. The summed E-state index contributed by atoms with van der Waals surface area (Å²) in [4.78, 5) is 4.74. The monoisotopic (exact) mass is 590 g/mol. The topological polar surface area (TPSA) is 54.5 Å². The Bertz CT molecular complexity index is 1510. The van der Waals surface area contributed by atoms with Crippen molar-refractivity contribution in [3.63, 3.8) is 0 Å². The third-order valence-corrected chi connectivity index (χ3v) is 7.02. The van der Waals surface area contributed by atoms with Crippen LogP contribution < -0.4 is 0 Å². The van der Waals surface area contributed by atoms with Gasteiger partial charge < -0.3 is 0 Å². The highest BCUT2D eigenvalue weighted by Crippen LogP contribution is 2.31. The Morgan fingerprint density at radius 2 is 1.68 bits per heavy atom. The van der Waals surface area contributed by atoms with Crippen molar-refractivity contribution in [2.45, 2.75) is 0 Å². The van der Waals surface area contributed by atoms with Crippen molar-refractivity contribution in [2.24, 2.45) is 0 Å². The normalized spacial score (nSPS) is 11.4. The molecular formula is C27H16ClIN4S. The summed E-state index contributed by atoms with van der Waals surface area (Å²) in [6.07, 6.45) is 3.79. The zero-order chi connectivity index (χ0) is 23.5. The predicted octanol–water partition coefficient (Wildman–Crippen LogP) is 7.98. The predicted molar refractivity (Wildman–Crippen MR) is 148 cm³/mol. The summed E-state index contributed by atoms with van der Waals surface area (Å²) in [6.45, 7) is 0. The van der Waals surface area contributed by atoms with E-state index >= 15 is 0 Å². The van der Waals surface area contributed by atoms with Gasteiger partial charge in [-0.1, -0.05) is 54.1 Å². The lowest BCUT2D eigenvalue weighted by Gasteiger charge is -2.01. The molecule has 0 unspecified atom stereocenters. The van der Waals surface area contributed by atoms with Gasteiger partial charge in [0.2, 0.25) is 0 Å². The van der Waals surface area contributed by atoms with Crippen LogP contribution in [0.5, 0.6) is 0 Å². The summed E-state index contributed by atoms with van der Waals surface area (Å²) in [5, 5.41) is 18.1. The average Bonchev–Trinajstić information content (AvgIpc) is 3.52.